The molecule has 0 aliphatic carbocycles. The lowest BCUT2D eigenvalue weighted by Gasteiger charge is -2.28. The third-order valence-corrected chi connectivity index (χ3v) is 2.54. The number of aldehydes is 1. The Balaban J connectivity index is 2.61. The molecule has 1 aromatic carbocycles. The van der Waals surface area contributed by atoms with Gasteiger partial charge in [0, 0.05) is 11.1 Å². The first-order chi connectivity index (χ1) is 7.54. The number of hydrogen-bond acceptors (Lipinski definition) is 4. The predicted octanol–water partition coefficient (Wildman–Crippen LogP) is 1.46. The monoisotopic (exact) mass is 221 g/mol. The molecule has 0 unspecified atom stereocenters. The summed E-state index contributed by atoms with van der Waals surface area (Å²) < 4.78 is 11.0. The highest BCUT2D eigenvalue weighted by atomic mass is 16.6. The second kappa shape index (κ2) is 3.79. The maximum atomic E-state index is 10.9. The van der Waals surface area contributed by atoms with Crippen molar-refractivity contribution in [3.05, 3.63) is 23.3 Å². The van der Waals surface area contributed by atoms with E-state index in [0.717, 1.165) is 11.8 Å². The number of rotatable bonds is 2. The van der Waals surface area contributed by atoms with Crippen LogP contribution in [0, 0.1) is 0 Å². The molecule has 0 saturated heterocycles. The van der Waals surface area contributed by atoms with Crippen LogP contribution < -0.4 is 15.2 Å². The standard InChI is InChI=1S/C12H15NO3/c1-12(2,13)9-4-3-8(7-14)10-11(9)16-6-5-15-10/h3-4,7H,5-6,13H2,1-2H3. The minimum absolute atomic E-state index is 0.461. The lowest BCUT2D eigenvalue weighted by molar-refractivity contribution is 0.111. The molecular weight excluding hydrogens is 206 g/mol. The molecule has 0 saturated carbocycles. The SMILES string of the molecule is CC(C)(N)c1ccc(C=O)c2c1OCCO2. The fourth-order valence-electron chi connectivity index (χ4n) is 1.76. The first-order valence-corrected chi connectivity index (χ1v) is 5.21. The summed E-state index contributed by atoms with van der Waals surface area (Å²) in [7, 11) is 0. The molecule has 86 valence electrons. The normalized spacial score (nSPS) is 14.7. The van der Waals surface area contributed by atoms with E-state index in [1.807, 2.05) is 19.9 Å². The van der Waals surface area contributed by atoms with E-state index in [2.05, 4.69) is 0 Å². The third kappa shape index (κ3) is 1.76. The Hall–Kier alpha value is -1.55. The van der Waals surface area contributed by atoms with Crippen molar-refractivity contribution in [3.8, 4) is 11.5 Å². The molecule has 0 aromatic heterocycles. The van der Waals surface area contributed by atoms with Crippen LogP contribution in [0.2, 0.25) is 0 Å². The average molecular weight is 221 g/mol. The summed E-state index contributed by atoms with van der Waals surface area (Å²) in [6, 6.07) is 3.53. The minimum atomic E-state index is -0.522. The topological polar surface area (TPSA) is 61.6 Å². The van der Waals surface area contributed by atoms with E-state index in [0.29, 0.717) is 30.3 Å². The van der Waals surface area contributed by atoms with E-state index >= 15 is 0 Å². The fraction of sp³-hybridized carbons (Fsp3) is 0.417. The Bertz CT molecular complexity index is 421. The molecule has 4 heteroatoms. The average Bonchev–Trinajstić information content (AvgIpc) is 2.26. The van der Waals surface area contributed by atoms with Crippen molar-refractivity contribution in [2.24, 2.45) is 5.73 Å². The molecule has 1 aliphatic heterocycles. The maximum absolute atomic E-state index is 10.9. The largest absolute Gasteiger partial charge is 0.486 e. The molecule has 1 aromatic rings. The van der Waals surface area contributed by atoms with Crippen molar-refractivity contribution >= 4 is 6.29 Å². The Labute approximate surface area is 94.3 Å². The molecule has 2 rings (SSSR count). The highest BCUT2D eigenvalue weighted by Crippen LogP contribution is 2.40. The number of carbonyl (C=O) groups excluding carboxylic acids is 1. The molecule has 1 heterocycles. The summed E-state index contributed by atoms with van der Waals surface area (Å²) in [6.45, 7) is 4.73. The maximum Gasteiger partial charge on any atom is 0.172 e. The van der Waals surface area contributed by atoms with Crippen molar-refractivity contribution in [2.45, 2.75) is 19.4 Å². The van der Waals surface area contributed by atoms with Gasteiger partial charge in [0.2, 0.25) is 0 Å². The van der Waals surface area contributed by atoms with Gasteiger partial charge in [-0.15, -0.1) is 0 Å². The van der Waals surface area contributed by atoms with Gasteiger partial charge in [-0.3, -0.25) is 4.79 Å². The Morgan fingerprint density at radius 1 is 1.25 bits per heavy atom. The van der Waals surface area contributed by atoms with Gasteiger partial charge >= 0.3 is 0 Å². The molecule has 16 heavy (non-hydrogen) atoms. The van der Waals surface area contributed by atoms with Crippen LogP contribution in [0.5, 0.6) is 11.5 Å². The molecule has 0 spiro atoms. The van der Waals surface area contributed by atoms with Crippen molar-refractivity contribution in [3.63, 3.8) is 0 Å². The molecule has 0 radical (unpaired) electrons. The predicted molar refractivity (Wildman–Crippen MR) is 60.0 cm³/mol. The van der Waals surface area contributed by atoms with Gasteiger partial charge < -0.3 is 15.2 Å². The van der Waals surface area contributed by atoms with Crippen LogP contribution in [0.4, 0.5) is 0 Å². The lowest BCUT2D eigenvalue weighted by Crippen LogP contribution is -2.31. The Kier molecular flexibility index (Phi) is 2.59. The highest BCUT2D eigenvalue weighted by Gasteiger charge is 2.26. The molecule has 0 bridgehead atoms. The molecule has 0 amide bonds. The van der Waals surface area contributed by atoms with Crippen LogP contribution >= 0.6 is 0 Å². The zero-order valence-corrected chi connectivity index (χ0v) is 9.45. The molecule has 0 atom stereocenters. The van der Waals surface area contributed by atoms with Crippen LogP contribution in [0.1, 0.15) is 29.8 Å². The summed E-state index contributed by atoms with van der Waals surface area (Å²) >= 11 is 0. The van der Waals surface area contributed by atoms with Gasteiger partial charge in [-0.05, 0) is 19.9 Å². The summed E-state index contributed by atoms with van der Waals surface area (Å²) in [5, 5.41) is 0. The summed E-state index contributed by atoms with van der Waals surface area (Å²) in [5.41, 5.74) is 6.88. The summed E-state index contributed by atoms with van der Waals surface area (Å²) in [4.78, 5) is 10.9. The van der Waals surface area contributed by atoms with Crippen molar-refractivity contribution < 1.29 is 14.3 Å². The first-order valence-electron chi connectivity index (χ1n) is 5.21. The third-order valence-electron chi connectivity index (χ3n) is 2.54. The van der Waals surface area contributed by atoms with E-state index in [4.69, 9.17) is 15.2 Å². The van der Waals surface area contributed by atoms with Gasteiger partial charge in [-0.1, -0.05) is 6.07 Å². The van der Waals surface area contributed by atoms with Gasteiger partial charge in [-0.2, -0.15) is 0 Å². The first kappa shape index (κ1) is 11.0. The number of fused-ring (bicyclic) bond motifs is 1. The quantitative estimate of drug-likeness (QED) is 0.768. The molecule has 0 fully saturated rings. The van der Waals surface area contributed by atoms with Crippen LogP contribution in [-0.4, -0.2) is 19.5 Å². The number of ether oxygens (including phenoxy) is 2. The van der Waals surface area contributed by atoms with Crippen molar-refractivity contribution in [1.82, 2.24) is 0 Å². The fourth-order valence-corrected chi connectivity index (χ4v) is 1.76. The second-order valence-electron chi connectivity index (χ2n) is 4.40. The van der Waals surface area contributed by atoms with E-state index in [-0.39, 0.29) is 0 Å². The van der Waals surface area contributed by atoms with Gasteiger partial charge in [0.25, 0.3) is 0 Å². The second-order valence-corrected chi connectivity index (χ2v) is 4.40. The summed E-state index contributed by atoms with van der Waals surface area (Å²) in [6.07, 6.45) is 0.765. The molecule has 4 nitrogen and oxygen atoms in total. The van der Waals surface area contributed by atoms with Crippen LogP contribution in [-0.2, 0) is 5.54 Å². The molecular formula is C12H15NO3. The smallest absolute Gasteiger partial charge is 0.172 e. The zero-order chi connectivity index (χ0) is 11.8. The van der Waals surface area contributed by atoms with E-state index in [1.54, 1.807) is 6.07 Å². The number of nitrogens with two attached hydrogens (primary N) is 1. The van der Waals surface area contributed by atoms with Crippen molar-refractivity contribution in [1.29, 1.82) is 0 Å². The highest BCUT2D eigenvalue weighted by molar-refractivity contribution is 5.82. The van der Waals surface area contributed by atoms with Crippen LogP contribution in [0.25, 0.3) is 0 Å². The van der Waals surface area contributed by atoms with E-state index in [1.165, 1.54) is 0 Å². The van der Waals surface area contributed by atoms with E-state index < -0.39 is 5.54 Å². The Morgan fingerprint density at radius 3 is 2.44 bits per heavy atom. The van der Waals surface area contributed by atoms with Gasteiger partial charge in [0.1, 0.15) is 13.2 Å². The minimum Gasteiger partial charge on any atom is -0.486 e. The molecule has 2 N–H and O–H groups in total. The number of benzene rings is 1. The number of carbonyl (C=O) groups is 1. The van der Waals surface area contributed by atoms with Gasteiger partial charge in [0.15, 0.2) is 17.8 Å². The molecule has 1 aliphatic rings. The van der Waals surface area contributed by atoms with Crippen molar-refractivity contribution in [2.75, 3.05) is 13.2 Å². The summed E-state index contributed by atoms with van der Waals surface area (Å²) in [5.74, 6) is 1.11. The van der Waals surface area contributed by atoms with Crippen LogP contribution in [0.15, 0.2) is 12.1 Å². The van der Waals surface area contributed by atoms with Crippen LogP contribution in [0.3, 0.4) is 0 Å². The number of hydrogen-bond donors (Lipinski definition) is 1. The van der Waals surface area contributed by atoms with Gasteiger partial charge in [-0.25, -0.2) is 0 Å². The zero-order valence-electron chi connectivity index (χ0n) is 9.45. The lowest BCUT2D eigenvalue weighted by atomic mass is 9.93. The van der Waals surface area contributed by atoms with E-state index in [9.17, 15) is 4.79 Å². The Morgan fingerprint density at radius 2 is 1.88 bits per heavy atom. The van der Waals surface area contributed by atoms with Gasteiger partial charge in [0.05, 0.1) is 5.56 Å².